The van der Waals surface area contributed by atoms with Crippen molar-refractivity contribution in [3.05, 3.63) is 40.7 Å². The number of thiazole rings is 1. The van der Waals surface area contributed by atoms with Crippen molar-refractivity contribution in [2.24, 2.45) is 0 Å². The smallest absolute Gasteiger partial charge is 0.128 e. The lowest BCUT2D eigenvalue weighted by atomic mass is 10.1. The number of thioether (sulfide) groups is 1. The second-order valence-electron chi connectivity index (χ2n) is 4.97. The van der Waals surface area contributed by atoms with E-state index < -0.39 is 0 Å². The Labute approximate surface area is 137 Å². The van der Waals surface area contributed by atoms with Crippen LogP contribution in [0.3, 0.4) is 0 Å². The van der Waals surface area contributed by atoms with Gasteiger partial charge in [0, 0.05) is 47.6 Å². The molecule has 0 saturated carbocycles. The average molecular weight is 343 g/mol. The van der Waals surface area contributed by atoms with Gasteiger partial charge in [-0.25, -0.2) is 9.37 Å². The summed E-state index contributed by atoms with van der Waals surface area (Å²) in [5, 5.41) is 2.74. The third-order valence-electron chi connectivity index (χ3n) is 3.49. The van der Waals surface area contributed by atoms with Crippen molar-refractivity contribution in [2.75, 3.05) is 24.6 Å². The van der Waals surface area contributed by atoms with Gasteiger partial charge in [-0.1, -0.05) is 12.1 Å². The van der Waals surface area contributed by atoms with E-state index in [0.29, 0.717) is 12.4 Å². The Bertz CT molecular complexity index is 611. The van der Waals surface area contributed by atoms with Gasteiger partial charge >= 0.3 is 0 Å². The van der Waals surface area contributed by atoms with Crippen LogP contribution in [0.4, 0.5) is 4.39 Å². The maximum absolute atomic E-state index is 14.3. The van der Waals surface area contributed by atoms with Crippen molar-refractivity contribution < 1.29 is 4.39 Å². The number of aromatic nitrogens is 1. The van der Waals surface area contributed by atoms with Gasteiger partial charge in [-0.3, -0.25) is 4.90 Å². The van der Waals surface area contributed by atoms with Crippen LogP contribution in [-0.2, 0) is 12.4 Å². The van der Waals surface area contributed by atoms with E-state index in [1.807, 2.05) is 29.3 Å². The topological polar surface area (TPSA) is 16.1 Å². The molecular weight excluding hydrogens is 327 g/mol. The number of rotatable bonds is 4. The Morgan fingerprint density at radius 1 is 1.29 bits per heavy atom. The molecule has 0 atom stereocenters. The molecule has 0 bridgehead atoms. The van der Waals surface area contributed by atoms with Crippen molar-refractivity contribution in [3.63, 3.8) is 0 Å². The molecular formula is C15H16ClFN2S2. The third kappa shape index (κ3) is 3.77. The minimum atomic E-state index is -0.145. The number of hydrogen-bond donors (Lipinski definition) is 0. The van der Waals surface area contributed by atoms with Gasteiger partial charge < -0.3 is 0 Å². The molecule has 6 heteroatoms. The standard InChI is InChI=1S/C15H16ClFN2S2/c16-8-13-10-21-15(18-13)11-1-2-12(14(17)7-11)9-19-3-5-20-6-4-19/h1-2,7,10H,3-6,8-9H2. The first kappa shape index (κ1) is 15.3. The van der Waals surface area contributed by atoms with Crippen LogP contribution < -0.4 is 0 Å². The second kappa shape index (κ2) is 7.09. The molecule has 0 amide bonds. The molecule has 0 N–H and O–H groups in total. The molecule has 1 fully saturated rings. The Kier molecular flexibility index (Phi) is 5.16. The number of halogens is 2. The molecule has 0 spiro atoms. The Hall–Kier alpha value is -0.620. The van der Waals surface area contributed by atoms with Gasteiger partial charge in [0.15, 0.2) is 0 Å². The van der Waals surface area contributed by atoms with Crippen LogP contribution in [0.15, 0.2) is 23.6 Å². The van der Waals surface area contributed by atoms with Gasteiger partial charge in [0.1, 0.15) is 10.8 Å². The molecule has 0 radical (unpaired) electrons. The fourth-order valence-corrected chi connectivity index (χ4v) is 4.33. The van der Waals surface area contributed by atoms with E-state index in [0.717, 1.165) is 46.4 Å². The summed E-state index contributed by atoms with van der Waals surface area (Å²) >= 11 is 9.22. The first-order chi connectivity index (χ1) is 10.3. The van der Waals surface area contributed by atoms with E-state index in [4.69, 9.17) is 11.6 Å². The van der Waals surface area contributed by atoms with Crippen LogP contribution >= 0.6 is 34.7 Å². The summed E-state index contributed by atoms with van der Waals surface area (Å²) in [5.74, 6) is 2.53. The van der Waals surface area contributed by atoms with E-state index in [1.165, 1.54) is 11.3 Å². The van der Waals surface area contributed by atoms with Crippen molar-refractivity contribution in [1.29, 1.82) is 0 Å². The van der Waals surface area contributed by atoms with Crippen LogP contribution in [0.25, 0.3) is 10.6 Å². The van der Waals surface area contributed by atoms with Gasteiger partial charge in [-0.2, -0.15) is 11.8 Å². The predicted molar refractivity (Wildman–Crippen MR) is 89.7 cm³/mol. The lowest BCUT2D eigenvalue weighted by Gasteiger charge is -2.26. The molecule has 1 aromatic heterocycles. The number of nitrogens with zero attached hydrogens (tertiary/aromatic N) is 2. The van der Waals surface area contributed by atoms with Crippen molar-refractivity contribution in [2.45, 2.75) is 12.4 Å². The Balaban J connectivity index is 1.75. The molecule has 2 heterocycles. The molecule has 0 aliphatic carbocycles. The first-order valence-corrected chi connectivity index (χ1v) is 9.42. The lowest BCUT2D eigenvalue weighted by Crippen LogP contribution is -2.32. The predicted octanol–water partition coefficient (Wildman–Crippen LogP) is 4.24. The SMILES string of the molecule is Fc1cc(-c2nc(CCl)cs2)ccc1CN1CCSCC1. The first-order valence-electron chi connectivity index (χ1n) is 6.85. The summed E-state index contributed by atoms with van der Waals surface area (Å²) in [6.07, 6.45) is 0. The van der Waals surface area contributed by atoms with Gasteiger partial charge in [0.25, 0.3) is 0 Å². The van der Waals surface area contributed by atoms with Gasteiger partial charge in [-0.05, 0) is 6.07 Å². The molecule has 3 rings (SSSR count). The highest BCUT2D eigenvalue weighted by Gasteiger charge is 2.14. The fraction of sp³-hybridized carbons (Fsp3) is 0.400. The summed E-state index contributed by atoms with van der Waals surface area (Å²) in [5.41, 5.74) is 2.43. The van der Waals surface area contributed by atoms with E-state index in [2.05, 4.69) is 9.88 Å². The number of benzene rings is 1. The highest BCUT2D eigenvalue weighted by Crippen LogP contribution is 2.26. The highest BCUT2D eigenvalue weighted by molar-refractivity contribution is 7.99. The maximum Gasteiger partial charge on any atom is 0.128 e. The molecule has 112 valence electrons. The van der Waals surface area contributed by atoms with Crippen molar-refractivity contribution in [3.8, 4) is 10.6 Å². The summed E-state index contributed by atoms with van der Waals surface area (Å²) in [4.78, 5) is 6.70. The fourth-order valence-electron chi connectivity index (χ4n) is 2.31. The Morgan fingerprint density at radius 3 is 2.76 bits per heavy atom. The molecule has 21 heavy (non-hydrogen) atoms. The molecule has 2 aromatic rings. The Morgan fingerprint density at radius 2 is 2.10 bits per heavy atom. The third-order valence-corrected chi connectivity index (χ3v) is 5.64. The van der Waals surface area contributed by atoms with E-state index >= 15 is 0 Å². The minimum absolute atomic E-state index is 0.145. The van der Waals surface area contributed by atoms with Gasteiger partial charge in [0.05, 0.1) is 11.6 Å². The maximum atomic E-state index is 14.3. The quantitative estimate of drug-likeness (QED) is 0.773. The number of alkyl halides is 1. The normalized spacial score (nSPS) is 16.3. The highest BCUT2D eigenvalue weighted by atomic mass is 35.5. The molecule has 1 aliphatic heterocycles. The largest absolute Gasteiger partial charge is 0.297 e. The zero-order valence-electron chi connectivity index (χ0n) is 11.5. The monoisotopic (exact) mass is 342 g/mol. The van der Waals surface area contributed by atoms with Gasteiger partial charge in [-0.15, -0.1) is 22.9 Å². The van der Waals surface area contributed by atoms with Gasteiger partial charge in [0.2, 0.25) is 0 Å². The average Bonchev–Trinajstić information content (AvgIpc) is 2.99. The van der Waals surface area contributed by atoms with E-state index in [1.54, 1.807) is 6.07 Å². The molecule has 2 nitrogen and oxygen atoms in total. The molecule has 1 aliphatic rings. The summed E-state index contributed by atoms with van der Waals surface area (Å²) in [6.45, 7) is 2.77. The van der Waals surface area contributed by atoms with Crippen LogP contribution in [0, 0.1) is 5.82 Å². The molecule has 1 aromatic carbocycles. The van der Waals surface area contributed by atoms with Crippen molar-refractivity contribution in [1.82, 2.24) is 9.88 Å². The zero-order chi connectivity index (χ0) is 14.7. The summed E-state index contributed by atoms with van der Waals surface area (Å²) < 4.78 is 14.3. The molecule has 1 saturated heterocycles. The van der Waals surface area contributed by atoms with Crippen LogP contribution in [0.1, 0.15) is 11.3 Å². The molecule has 0 unspecified atom stereocenters. The zero-order valence-corrected chi connectivity index (χ0v) is 13.9. The van der Waals surface area contributed by atoms with E-state index in [9.17, 15) is 4.39 Å². The van der Waals surface area contributed by atoms with Crippen molar-refractivity contribution >= 4 is 34.7 Å². The van der Waals surface area contributed by atoms with E-state index in [-0.39, 0.29) is 5.82 Å². The second-order valence-corrected chi connectivity index (χ2v) is 7.32. The summed E-state index contributed by atoms with van der Waals surface area (Å²) in [6, 6.07) is 5.42. The van der Waals surface area contributed by atoms with Crippen LogP contribution in [-0.4, -0.2) is 34.5 Å². The number of hydrogen-bond acceptors (Lipinski definition) is 4. The van der Waals surface area contributed by atoms with Crippen LogP contribution in [0.5, 0.6) is 0 Å². The van der Waals surface area contributed by atoms with Crippen LogP contribution in [0.2, 0.25) is 0 Å². The summed E-state index contributed by atoms with van der Waals surface area (Å²) in [7, 11) is 0. The minimum Gasteiger partial charge on any atom is -0.297 e. The lowest BCUT2D eigenvalue weighted by molar-refractivity contribution is 0.290.